The predicted molar refractivity (Wildman–Crippen MR) is 70.6 cm³/mol. The van der Waals surface area contributed by atoms with Crippen molar-refractivity contribution in [3.8, 4) is 0 Å². The molecule has 3 rings (SSSR count). The molecule has 2 aliphatic rings. The molecule has 0 amide bonds. The van der Waals surface area contributed by atoms with Crippen LogP contribution in [0.15, 0.2) is 29.8 Å². The lowest BCUT2D eigenvalue weighted by molar-refractivity contribution is -0.139. The number of carbonyl (C=O) groups excluding carboxylic acids is 2. The lowest BCUT2D eigenvalue weighted by atomic mass is 9.85. The SMILES string of the molecule is CCOC12C(=O)C(CCCC1=C=O)c1ccccc12. The maximum atomic E-state index is 12.8. The Bertz CT molecular complexity index is 583. The number of ether oxygens (including phenoxy) is 1. The topological polar surface area (TPSA) is 43.4 Å². The molecule has 1 aromatic carbocycles. The van der Waals surface area contributed by atoms with Crippen molar-refractivity contribution in [3.63, 3.8) is 0 Å². The Hall–Kier alpha value is -1.70. The molecule has 0 saturated heterocycles. The number of hydrogen-bond acceptors (Lipinski definition) is 3. The van der Waals surface area contributed by atoms with E-state index in [9.17, 15) is 9.59 Å². The average molecular weight is 256 g/mol. The van der Waals surface area contributed by atoms with Gasteiger partial charge in [-0.3, -0.25) is 4.79 Å². The van der Waals surface area contributed by atoms with E-state index in [4.69, 9.17) is 4.74 Å². The third-order valence-corrected chi connectivity index (χ3v) is 4.21. The Morgan fingerprint density at radius 3 is 2.95 bits per heavy atom. The number of ketones is 1. The molecule has 3 heteroatoms. The van der Waals surface area contributed by atoms with Gasteiger partial charge >= 0.3 is 0 Å². The number of carbonyl (C=O) groups is 1. The predicted octanol–water partition coefficient (Wildman–Crippen LogP) is 2.53. The number of hydrogen-bond donors (Lipinski definition) is 0. The highest BCUT2D eigenvalue weighted by Crippen LogP contribution is 2.52. The minimum Gasteiger partial charge on any atom is -0.358 e. The maximum Gasteiger partial charge on any atom is 0.183 e. The molecule has 19 heavy (non-hydrogen) atoms. The summed E-state index contributed by atoms with van der Waals surface area (Å²) < 4.78 is 5.83. The van der Waals surface area contributed by atoms with E-state index in [-0.39, 0.29) is 11.7 Å². The molecule has 1 saturated carbocycles. The van der Waals surface area contributed by atoms with E-state index in [0.717, 1.165) is 24.0 Å². The monoisotopic (exact) mass is 256 g/mol. The van der Waals surface area contributed by atoms with Crippen molar-refractivity contribution in [2.45, 2.75) is 37.7 Å². The van der Waals surface area contributed by atoms with Crippen molar-refractivity contribution in [3.05, 3.63) is 41.0 Å². The van der Waals surface area contributed by atoms with Crippen molar-refractivity contribution < 1.29 is 14.3 Å². The van der Waals surface area contributed by atoms with Crippen LogP contribution in [-0.2, 0) is 19.9 Å². The van der Waals surface area contributed by atoms with Crippen molar-refractivity contribution in [2.24, 2.45) is 0 Å². The summed E-state index contributed by atoms with van der Waals surface area (Å²) in [4.78, 5) is 24.2. The molecule has 98 valence electrons. The molecule has 0 N–H and O–H groups in total. The minimum atomic E-state index is -1.16. The van der Waals surface area contributed by atoms with E-state index in [1.54, 1.807) is 0 Å². The third kappa shape index (κ3) is 1.49. The van der Waals surface area contributed by atoms with Gasteiger partial charge in [-0.1, -0.05) is 24.3 Å². The zero-order valence-electron chi connectivity index (χ0n) is 10.9. The second kappa shape index (κ2) is 4.44. The molecule has 1 fully saturated rings. The number of fused-ring (bicyclic) bond motifs is 5. The molecule has 0 heterocycles. The van der Waals surface area contributed by atoms with E-state index >= 15 is 0 Å². The van der Waals surface area contributed by atoms with Crippen molar-refractivity contribution in [1.82, 2.24) is 0 Å². The number of Topliss-reactive ketones (excluding diaryl/α,β-unsaturated/α-hetero) is 1. The molecule has 2 bridgehead atoms. The van der Waals surface area contributed by atoms with Gasteiger partial charge in [0.15, 0.2) is 11.4 Å². The summed E-state index contributed by atoms with van der Waals surface area (Å²) in [5, 5.41) is 0. The zero-order valence-corrected chi connectivity index (χ0v) is 10.9. The summed E-state index contributed by atoms with van der Waals surface area (Å²) in [5.41, 5.74) is 1.18. The second-order valence-corrected chi connectivity index (χ2v) is 5.09. The fourth-order valence-corrected chi connectivity index (χ4v) is 3.47. The molecule has 0 aromatic heterocycles. The molecule has 0 aliphatic heterocycles. The largest absolute Gasteiger partial charge is 0.358 e. The molecule has 2 aliphatic carbocycles. The smallest absolute Gasteiger partial charge is 0.183 e. The van der Waals surface area contributed by atoms with Crippen LogP contribution >= 0.6 is 0 Å². The third-order valence-electron chi connectivity index (χ3n) is 4.21. The molecule has 2 unspecified atom stereocenters. The normalized spacial score (nSPS) is 28.8. The van der Waals surface area contributed by atoms with Crippen LogP contribution in [0.4, 0.5) is 0 Å². The van der Waals surface area contributed by atoms with Gasteiger partial charge in [0.05, 0.1) is 5.57 Å². The van der Waals surface area contributed by atoms with Gasteiger partial charge in [0, 0.05) is 18.1 Å². The van der Waals surface area contributed by atoms with Gasteiger partial charge in [0.1, 0.15) is 5.94 Å². The molecule has 2 atom stereocenters. The highest BCUT2D eigenvalue weighted by atomic mass is 16.5. The van der Waals surface area contributed by atoms with Gasteiger partial charge in [-0.2, -0.15) is 0 Å². The summed E-state index contributed by atoms with van der Waals surface area (Å²) in [6, 6.07) is 7.72. The molecule has 3 nitrogen and oxygen atoms in total. The average Bonchev–Trinajstić information content (AvgIpc) is 2.56. The Balaban J connectivity index is 2.32. The minimum absolute atomic E-state index is 0.0198. The van der Waals surface area contributed by atoms with Crippen LogP contribution < -0.4 is 0 Å². The molecular formula is C16H16O3. The molecule has 0 radical (unpaired) electrons. The van der Waals surface area contributed by atoms with Crippen LogP contribution in [0.2, 0.25) is 0 Å². The quantitative estimate of drug-likeness (QED) is 0.764. The molecule has 1 aromatic rings. The first kappa shape index (κ1) is 12.3. The summed E-state index contributed by atoms with van der Waals surface area (Å²) in [5.74, 6) is 1.88. The zero-order chi connectivity index (χ0) is 13.5. The summed E-state index contributed by atoms with van der Waals surface area (Å²) in [6.45, 7) is 2.25. The van der Waals surface area contributed by atoms with Crippen LogP contribution in [0.5, 0.6) is 0 Å². The van der Waals surface area contributed by atoms with E-state index < -0.39 is 5.60 Å². The highest BCUT2D eigenvalue weighted by Gasteiger charge is 2.56. The van der Waals surface area contributed by atoms with Crippen LogP contribution in [0, 0.1) is 0 Å². The maximum absolute atomic E-state index is 12.8. The highest BCUT2D eigenvalue weighted by molar-refractivity contribution is 6.03. The van der Waals surface area contributed by atoms with Gasteiger partial charge in [0.25, 0.3) is 0 Å². The van der Waals surface area contributed by atoms with Crippen molar-refractivity contribution in [2.75, 3.05) is 6.61 Å². The van der Waals surface area contributed by atoms with Crippen LogP contribution in [0.1, 0.15) is 43.2 Å². The van der Waals surface area contributed by atoms with Gasteiger partial charge in [0.2, 0.25) is 0 Å². The first-order valence-electron chi connectivity index (χ1n) is 6.77. The summed E-state index contributed by atoms with van der Waals surface area (Å²) in [7, 11) is 0. The second-order valence-electron chi connectivity index (χ2n) is 5.09. The molecular weight excluding hydrogens is 240 g/mol. The lowest BCUT2D eigenvalue weighted by Gasteiger charge is -2.28. The summed E-state index contributed by atoms with van der Waals surface area (Å²) in [6.07, 6.45) is 2.22. The Labute approximate surface area is 112 Å². The summed E-state index contributed by atoms with van der Waals surface area (Å²) >= 11 is 0. The lowest BCUT2D eigenvalue weighted by Crippen LogP contribution is -2.38. The van der Waals surface area contributed by atoms with Gasteiger partial charge < -0.3 is 4.74 Å². The van der Waals surface area contributed by atoms with E-state index in [1.807, 2.05) is 37.1 Å². The van der Waals surface area contributed by atoms with E-state index in [2.05, 4.69) is 0 Å². The Morgan fingerprint density at radius 2 is 2.21 bits per heavy atom. The number of rotatable bonds is 2. The standard InChI is InChI=1S/C16H16O3/c1-2-19-16-11(10-17)6-5-8-13(15(16)18)12-7-3-4-9-14(12)16/h3-4,7,9,13H,2,5-6,8H2,1H3. The Morgan fingerprint density at radius 1 is 1.42 bits per heavy atom. The van der Waals surface area contributed by atoms with Gasteiger partial charge in [-0.05, 0) is 31.7 Å². The van der Waals surface area contributed by atoms with Gasteiger partial charge in [-0.25, -0.2) is 4.79 Å². The van der Waals surface area contributed by atoms with Gasteiger partial charge in [-0.15, -0.1) is 0 Å². The Kier molecular flexibility index (Phi) is 2.89. The van der Waals surface area contributed by atoms with Crippen molar-refractivity contribution >= 4 is 11.7 Å². The van der Waals surface area contributed by atoms with Crippen LogP contribution in [0.3, 0.4) is 0 Å². The first-order chi connectivity index (χ1) is 9.25. The number of benzene rings is 1. The fraction of sp³-hybridized carbons (Fsp3) is 0.438. The van der Waals surface area contributed by atoms with Crippen LogP contribution in [0.25, 0.3) is 0 Å². The molecule has 0 spiro atoms. The first-order valence-corrected chi connectivity index (χ1v) is 6.77. The van der Waals surface area contributed by atoms with Crippen LogP contribution in [-0.4, -0.2) is 18.3 Å². The van der Waals surface area contributed by atoms with Crippen molar-refractivity contribution in [1.29, 1.82) is 0 Å². The fourth-order valence-electron chi connectivity index (χ4n) is 3.47. The van der Waals surface area contributed by atoms with E-state index in [1.165, 1.54) is 0 Å². The van der Waals surface area contributed by atoms with E-state index in [0.29, 0.717) is 18.6 Å².